The van der Waals surface area contributed by atoms with Crippen molar-refractivity contribution in [3.63, 3.8) is 0 Å². The van der Waals surface area contributed by atoms with Crippen molar-refractivity contribution in [3.05, 3.63) is 79.6 Å². The Morgan fingerprint density at radius 1 is 1.07 bits per heavy atom. The van der Waals surface area contributed by atoms with Crippen molar-refractivity contribution >= 4 is 32.8 Å². The van der Waals surface area contributed by atoms with E-state index in [1.165, 1.54) is 0 Å². The third-order valence-electron chi connectivity index (χ3n) is 5.86. The first-order valence-corrected chi connectivity index (χ1v) is 11.1. The molecule has 0 fully saturated rings. The number of rotatable bonds is 6. The normalized spacial score (nSPS) is 16.0. The number of benzene rings is 2. The Kier molecular flexibility index (Phi) is 5.80. The summed E-state index contributed by atoms with van der Waals surface area (Å²) in [4.78, 5) is 30.9. The maximum Gasteiger partial charge on any atom is 0.290 e. The van der Waals surface area contributed by atoms with Crippen LogP contribution in [0.3, 0.4) is 0 Å². The fraction of sp³-hybridized carbons (Fsp3) is 0.333. The van der Waals surface area contributed by atoms with Crippen molar-refractivity contribution in [3.8, 4) is 0 Å². The number of halogens is 1. The van der Waals surface area contributed by atoms with Crippen molar-refractivity contribution in [1.82, 2.24) is 9.80 Å². The van der Waals surface area contributed by atoms with Crippen LogP contribution >= 0.6 is 15.9 Å². The van der Waals surface area contributed by atoms with Crippen LogP contribution in [0.15, 0.2) is 56.1 Å². The van der Waals surface area contributed by atoms with Crippen LogP contribution in [-0.4, -0.2) is 41.9 Å². The molecule has 1 aromatic heterocycles. The van der Waals surface area contributed by atoms with E-state index < -0.39 is 6.04 Å². The molecular formula is C24H25BrN2O3. The van der Waals surface area contributed by atoms with Gasteiger partial charge in [0.25, 0.3) is 5.91 Å². The number of hydrogen-bond donors (Lipinski definition) is 0. The molecule has 156 valence electrons. The van der Waals surface area contributed by atoms with E-state index in [1.54, 1.807) is 11.0 Å². The minimum atomic E-state index is -0.447. The topological polar surface area (TPSA) is 53.8 Å². The van der Waals surface area contributed by atoms with Crippen molar-refractivity contribution in [2.45, 2.75) is 26.8 Å². The standard InChI is InChI=1S/C24H25BrN2O3/c1-4-26(5-2)12-13-27-21(16-7-9-17(25)10-8-16)20-22(28)18-14-15(3)6-11-19(18)30-23(20)24(27)29/h6-11,14,21H,4-5,12-13H2,1-3H3. The number of carbonyl (C=O) groups is 1. The summed E-state index contributed by atoms with van der Waals surface area (Å²) in [5, 5.41) is 0.522. The van der Waals surface area contributed by atoms with E-state index in [9.17, 15) is 9.59 Å². The van der Waals surface area contributed by atoms with Gasteiger partial charge >= 0.3 is 0 Å². The molecule has 0 saturated heterocycles. The molecule has 30 heavy (non-hydrogen) atoms. The number of hydrogen-bond acceptors (Lipinski definition) is 4. The van der Waals surface area contributed by atoms with Gasteiger partial charge in [-0.2, -0.15) is 0 Å². The van der Waals surface area contributed by atoms with Crippen LogP contribution in [-0.2, 0) is 0 Å². The SMILES string of the molecule is CCN(CC)CCN1C(=O)c2oc3ccc(C)cc3c(=O)c2C1c1ccc(Br)cc1. The van der Waals surface area contributed by atoms with Gasteiger partial charge in [-0.3, -0.25) is 9.59 Å². The Morgan fingerprint density at radius 3 is 2.43 bits per heavy atom. The van der Waals surface area contributed by atoms with Gasteiger partial charge in [0, 0.05) is 17.6 Å². The minimum absolute atomic E-state index is 0.124. The molecular weight excluding hydrogens is 444 g/mol. The Bertz CT molecular complexity index is 1150. The maximum absolute atomic E-state index is 13.5. The second kappa shape index (κ2) is 8.36. The van der Waals surface area contributed by atoms with Crippen LogP contribution in [0.25, 0.3) is 11.0 Å². The number of carbonyl (C=O) groups excluding carboxylic acids is 1. The first-order valence-electron chi connectivity index (χ1n) is 10.3. The molecule has 6 heteroatoms. The van der Waals surface area contributed by atoms with Crippen LogP contribution < -0.4 is 5.43 Å². The van der Waals surface area contributed by atoms with Crippen LogP contribution in [0, 0.1) is 6.92 Å². The quantitative estimate of drug-likeness (QED) is 0.523. The summed E-state index contributed by atoms with van der Waals surface area (Å²) >= 11 is 3.47. The number of amides is 1. The molecule has 1 atom stereocenters. The lowest BCUT2D eigenvalue weighted by Crippen LogP contribution is -2.37. The smallest absolute Gasteiger partial charge is 0.290 e. The highest BCUT2D eigenvalue weighted by Gasteiger charge is 2.42. The van der Waals surface area contributed by atoms with Crippen LogP contribution in [0.5, 0.6) is 0 Å². The summed E-state index contributed by atoms with van der Waals surface area (Å²) in [5.41, 5.74) is 2.67. The van der Waals surface area contributed by atoms with E-state index in [2.05, 4.69) is 34.7 Å². The van der Waals surface area contributed by atoms with E-state index in [-0.39, 0.29) is 17.1 Å². The monoisotopic (exact) mass is 468 g/mol. The van der Waals surface area contributed by atoms with Crippen LogP contribution in [0.4, 0.5) is 0 Å². The molecule has 4 rings (SSSR count). The van der Waals surface area contributed by atoms with E-state index in [0.29, 0.717) is 23.1 Å². The summed E-state index contributed by atoms with van der Waals surface area (Å²) in [5.74, 6) is -0.0477. The number of likely N-dealkylation sites (N-methyl/N-ethyl adjacent to an activating group) is 1. The number of nitrogens with zero attached hydrogens (tertiary/aromatic N) is 2. The molecule has 1 aliphatic heterocycles. The summed E-state index contributed by atoms with van der Waals surface area (Å²) in [7, 11) is 0. The van der Waals surface area contributed by atoms with Gasteiger partial charge in [0.05, 0.1) is 17.0 Å². The maximum atomic E-state index is 13.5. The zero-order valence-corrected chi connectivity index (χ0v) is 19.0. The molecule has 2 heterocycles. The molecule has 1 aliphatic rings. The van der Waals surface area contributed by atoms with E-state index in [4.69, 9.17) is 4.42 Å². The average molecular weight is 469 g/mol. The highest BCUT2D eigenvalue weighted by Crippen LogP contribution is 2.38. The summed E-state index contributed by atoms with van der Waals surface area (Å²) < 4.78 is 6.95. The first kappa shape index (κ1) is 20.8. The first-order chi connectivity index (χ1) is 14.4. The second-order valence-electron chi connectivity index (χ2n) is 7.65. The number of aryl methyl sites for hydroxylation is 1. The molecule has 0 N–H and O–H groups in total. The van der Waals surface area contributed by atoms with Crippen molar-refractivity contribution in [2.24, 2.45) is 0 Å². The summed E-state index contributed by atoms with van der Waals surface area (Å²) in [6, 6.07) is 12.8. The highest BCUT2D eigenvalue weighted by molar-refractivity contribution is 9.10. The summed E-state index contributed by atoms with van der Waals surface area (Å²) in [6.07, 6.45) is 0. The average Bonchev–Trinajstić information content (AvgIpc) is 3.02. The molecule has 0 bridgehead atoms. The molecule has 0 aliphatic carbocycles. The van der Waals surface area contributed by atoms with E-state index >= 15 is 0 Å². The Labute approximate surface area is 184 Å². The zero-order valence-electron chi connectivity index (χ0n) is 17.4. The van der Waals surface area contributed by atoms with Crippen molar-refractivity contribution in [2.75, 3.05) is 26.2 Å². The predicted molar refractivity (Wildman–Crippen MR) is 122 cm³/mol. The van der Waals surface area contributed by atoms with E-state index in [1.807, 2.05) is 43.3 Å². The molecule has 5 nitrogen and oxygen atoms in total. The number of fused-ring (bicyclic) bond motifs is 2. The predicted octanol–water partition coefficient (Wildman–Crippen LogP) is 4.75. The molecule has 2 aromatic carbocycles. The fourth-order valence-corrected chi connectivity index (χ4v) is 4.41. The van der Waals surface area contributed by atoms with Gasteiger partial charge < -0.3 is 14.2 Å². The largest absolute Gasteiger partial charge is 0.450 e. The summed E-state index contributed by atoms with van der Waals surface area (Å²) in [6.45, 7) is 9.25. The lowest BCUT2D eigenvalue weighted by atomic mass is 9.98. The lowest BCUT2D eigenvalue weighted by Gasteiger charge is -2.28. The molecule has 0 saturated carbocycles. The van der Waals surface area contributed by atoms with Crippen molar-refractivity contribution in [1.29, 1.82) is 0 Å². The van der Waals surface area contributed by atoms with Gasteiger partial charge in [-0.15, -0.1) is 0 Å². The third kappa shape index (κ3) is 3.59. The molecule has 0 spiro atoms. The van der Waals surface area contributed by atoms with Gasteiger partial charge in [-0.05, 0) is 49.8 Å². The molecule has 1 unspecified atom stereocenters. The molecule has 0 radical (unpaired) electrons. The van der Waals surface area contributed by atoms with Gasteiger partial charge in [-0.1, -0.05) is 53.5 Å². The fourth-order valence-electron chi connectivity index (χ4n) is 4.15. The zero-order chi connectivity index (χ0) is 21.4. The van der Waals surface area contributed by atoms with E-state index in [0.717, 1.165) is 35.2 Å². The highest BCUT2D eigenvalue weighted by atomic mass is 79.9. The molecule has 3 aromatic rings. The Morgan fingerprint density at radius 2 is 1.77 bits per heavy atom. The minimum Gasteiger partial charge on any atom is -0.450 e. The second-order valence-corrected chi connectivity index (χ2v) is 8.57. The van der Waals surface area contributed by atoms with Crippen LogP contribution in [0.1, 0.15) is 47.1 Å². The Balaban J connectivity index is 1.87. The van der Waals surface area contributed by atoms with Gasteiger partial charge in [0.1, 0.15) is 5.58 Å². The third-order valence-corrected chi connectivity index (χ3v) is 6.39. The lowest BCUT2D eigenvalue weighted by molar-refractivity contribution is 0.0708. The van der Waals surface area contributed by atoms with Crippen molar-refractivity contribution < 1.29 is 9.21 Å². The van der Waals surface area contributed by atoms with Gasteiger partial charge in [0.15, 0.2) is 5.43 Å². The van der Waals surface area contributed by atoms with Crippen LogP contribution in [0.2, 0.25) is 0 Å². The molecule has 1 amide bonds. The van der Waals surface area contributed by atoms with Gasteiger partial charge in [-0.25, -0.2) is 0 Å². The van der Waals surface area contributed by atoms with Gasteiger partial charge in [0.2, 0.25) is 5.76 Å². The Hall–Kier alpha value is -2.44.